The molecule has 0 aliphatic heterocycles. The van der Waals surface area contributed by atoms with Crippen molar-refractivity contribution in [2.75, 3.05) is 11.9 Å². The predicted molar refractivity (Wildman–Crippen MR) is 98.7 cm³/mol. The number of carbonyl (C=O) groups is 1. The highest BCUT2D eigenvalue weighted by Gasteiger charge is 2.34. The molecule has 3 rings (SSSR count). The number of esters is 1. The van der Waals surface area contributed by atoms with Crippen LogP contribution < -0.4 is 5.32 Å². The van der Waals surface area contributed by atoms with E-state index in [1.54, 1.807) is 25.1 Å². The summed E-state index contributed by atoms with van der Waals surface area (Å²) in [6.45, 7) is 1.75. The molecule has 0 radical (unpaired) electrons. The van der Waals surface area contributed by atoms with Crippen molar-refractivity contribution in [3.63, 3.8) is 0 Å². The van der Waals surface area contributed by atoms with Crippen molar-refractivity contribution in [3.05, 3.63) is 66.0 Å². The van der Waals surface area contributed by atoms with Gasteiger partial charge in [0.1, 0.15) is 18.2 Å². The van der Waals surface area contributed by atoms with Crippen molar-refractivity contribution in [2.24, 2.45) is 0 Å². The lowest BCUT2D eigenvalue weighted by atomic mass is 9.99. The number of nitrogens with zero attached hydrogens (tertiary/aromatic N) is 2. The van der Waals surface area contributed by atoms with Crippen molar-refractivity contribution in [3.8, 4) is 0 Å². The third-order valence-corrected chi connectivity index (χ3v) is 4.17. The van der Waals surface area contributed by atoms with Crippen LogP contribution in [0.4, 0.5) is 19.0 Å². The number of para-hydroxylation sites is 1. The Hall–Kier alpha value is -3.16. The summed E-state index contributed by atoms with van der Waals surface area (Å²) in [6.07, 6.45) is -3.39. The SMILES string of the molecule is CCOC(=O)C(Cc1ccccc1C(F)(F)F)Nc1ncnc2ccccc12. The maximum atomic E-state index is 13.3. The molecule has 0 saturated heterocycles. The first kappa shape index (κ1) is 19.6. The normalized spacial score (nSPS) is 12.6. The largest absolute Gasteiger partial charge is 0.464 e. The van der Waals surface area contributed by atoms with Gasteiger partial charge in [0.05, 0.1) is 17.7 Å². The Morgan fingerprint density at radius 2 is 1.82 bits per heavy atom. The summed E-state index contributed by atoms with van der Waals surface area (Å²) in [5.74, 6) is -0.296. The number of hydrogen-bond donors (Lipinski definition) is 1. The number of hydrogen-bond acceptors (Lipinski definition) is 5. The van der Waals surface area contributed by atoms with Crippen LogP contribution in [0.1, 0.15) is 18.1 Å². The Labute approximate surface area is 159 Å². The van der Waals surface area contributed by atoms with Gasteiger partial charge in [-0.25, -0.2) is 14.8 Å². The third kappa shape index (κ3) is 4.39. The van der Waals surface area contributed by atoms with Crippen LogP contribution in [0.5, 0.6) is 0 Å². The molecule has 2 aromatic carbocycles. The van der Waals surface area contributed by atoms with Gasteiger partial charge in [-0.1, -0.05) is 30.3 Å². The average Bonchev–Trinajstić information content (AvgIpc) is 2.67. The number of fused-ring (bicyclic) bond motifs is 1. The predicted octanol–water partition coefficient (Wildman–Crippen LogP) is 4.23. The Morgan fingerprint density at radius 3 is 2.57 bits per heavy atom. The highest BCUT2D eigenvalue weighted by Crippen LogP contribution is 2.32. The molecule has 0 spiro atoms. The lowest BCUT2D eigenvalue weighted by Gasteiger charge is -2.20. The standard InChI is InChI=1S/C20H18F3N3O2/c1-2-28-19(27)17(11-13-7-3-5-9-15(13)20(21,22)23)26-18-14-8-4-6-10-16(14)24-12-25-18/h3-10,12,17H,2,11H2,1H3,(H,24,25,26). The molecule has 0 amide bonds. The van der Waals surface area contributed by atoms with E-state index in [9.17, 15) is 18.0 Å². The van der Waals surface area contributed by atoms with Crippen LogP contribution in [0, 0.1) is 0 Å². The zero-order valence-electron chi connectivity index (χ0n) is 15.0. The number of carbonyl (C=O) groups excluding carboxylic acids is 1. The van der Waals surface area contributed by atoms with Gasteiger partial charge in [-0.05, 0) is 30.7 Å². The van der Waals surface area contributed by atoms with E-state index in [0.717, 1.165) is 6.07 Å². The fourth-order valence-electron chi connectivity index (χ4n) is 2.92. The molecule has 146 valence electrons. The van der Waals surface area contributed by atoms with Gasteiger partial charge < -0.3 is 10.1 Å². The molecule has 3 aromatic rings. The molecule has 0 bridgehead atoms. The van der Waals surface area contributed by atoms with Gasteiger partial charge in [0.25, 0.3) is 0 Å². The number of halogens is 3. The summed E-state index contributed by atoms with van der Waals surface area (Å²) in [6, 6.07) is 11.3. The molecule has 0 aliphatic carbocycles. The Morgan fingerprint density at radius 1 is 1.11 bits per heavy atom. The first-order valence-corrected chi connectivity index (χ1v) is 8.68. The quantitative estimate of drug-likeness (QED) is 0.639. The molecule has 0 fully saturated rings. The highest BCUT2D eigenvalue weighted by atomic mass is 19.4. The van der Waals surface area contributed by atoms with Crippen LogP contribution in [0.15, 0.2) is 54.9 Å². The van der Waals surface area contributed by atoms with Gasteiger partial charge >= 0.3 is 12.1 Å². The number of alkyl halides is 3. The van der Waals surface area contributed by atoms with E-state index >= 15 is 0 Å². The molecular weight excluding hydrogens is 371 g/mol. The fourth-order valence-corrected chi connectivity index (χ4v) is 2.92. The summed E-state index contributed by atoms with van der Waals surface area (Å²) in [5.41, 5.74) is -0.129. The van der Waals surface area contributed by atoms with Gasteiger partial charge in [0.2, 0.25) is 0 Å². The average molecular weight is 389 g/mol. The number of aromatic nitrogens is 2. The van der Waals surface area contributed by atoms with Crippen LogP contribution in [0.2, 0.25) is 0 Å². The number of benzene rings is 2. The minimum atomic E-state index is -4.52. The molecule has 1 heterocycles. The summed E-state index contributed by atoms with van der Waals surface area (Å²) < 4.78 is 45.0. The van der Waals surface area contributed by atoms with E-state index in [0.29, 0.717) is 16.7 Å². The second-order valence-corrected chi connectivity index (χ2v) is 6.05. The third-order valence-electron chi connectivity index (χ3n) is 4.17. The monoisotopic (exact) mass is 389 g/mol. The lowest BCUT2D eigenvalue weighted by molar-refractivity contribution is -0.144. The molecule has 28 heavy (non-hydrogen) atoms. The molecule has 1 atom stereocenters. The molecule has 0 aliphatic rings. The minimum absolute atomic E-state index is 0.00100. The highest BCUT2D eigenvalue weighted by molar-refractivity contribution is 5.91. The van der Waals surface area contributed by atoms with Crippen LogP contribution in [0.25, 0.3) is 10.9 Å². The van der Waals surface area contributed by atoms with Crippen LogP contribution in [0.3, 0.4) is 0 Å². The first-order valence-electron chi connectivity index (χ1n) is 8.68. The van der Waals surface area contributed by atoms with Crippen LogP contribution >= 0.6 is 0 Å². The zero-order chi connectivity index (χ0) is 20.1. The van der Waals surface area contributed by atoms with Crippen molar-refractivity contribution in [1.82, 2.24) is 9.97 Å². The topological polar surface area (TPSA) is 64.1 Å². The maximum absolute atomic E-state index is 13.3. The van der Waals surface area contributed by atoms with E-state index in [-0.39, 0.29) is 18.6 Å². The Balaban J connectivity index is 1.96. The Bertz CT molecular complexity index is 971. The van der Waals surface area contributed by atoms with Crippen molar-refractivity contribution >= 4 is 22.7 Å². The summed E-state index contributed by atoms with van der Waals surface area (Å²) in [7, 11) is 0. The lowest BCUT2D eigenvalue weighted by Crippen LogP contribution is -2.34. The molecule has 5 nitrogen and oxygen atoms in total. The number of nitrogens with one attached hydrogen (secondary N) is 1. The molecule has 1 N–H and O–H groups in total. The van der Waals surface area contributed by atoms with Crippen LogP contribution in [-0.4, -0.2) is 28.6 Å². The second kappa shape index (κ2) is 8.24. The van der Waals surface area contributed by atoms with Gasteiger partial charge in [-0.15, -0.1) is 0 Å². The van der Waals surface area contributed by atoms with E-state index in [2.05, 4.69) is 15.3 Å². The summed E-state index contributed by atoms with van der Waals surface area (Å²) in [4.78, 5) is 20.7. The van der Waals surface area contributed by atoms with E-state index < -0.39 is 23.8 Å². The number of rotatable bonds is 6. The van der Waals surface area contributed by atoms with Gasteiger partial charge in [-0.3, -0.25) is 0 Å². The van der Waals surface area contributed by atoms with E-state index in [1.165, 1.54) is 24.5 Å². The molecule has 0 saturated carbocycles. The molecule has 8 heteroatoms. The van der Waals surface area contributed by atoms with Gasteiger partial charge in [0, 0.05) is 11.8 Å². The first-order chi connectivity index (χ1) is 13.4. The Kier molecular flexibility index (Phi) is 5.77. The molecular formula is C20H18F3N3O2. The molecule has 1 unspecified atom stereocenters. The maximum Gasteiger partial charge on any atom is 0.416 e. The van der Waals surface area contributed by atoms with E-state index in [1.807, 2.05) is 6.07 Å². The van der Waals surface area contributed by atoms with E-state index in [4.69, 9.17) is 4.74 Å². The summed E-state index contributed by atoms with van der Waals surface area (Å²) >= 11 is 0. The second-order valence-electron chi connectivity index (χ2n) is 6.05. The van der Waals surface area contributed by atoms with Crippen molar-refractivity contribution in [1.29, 1.82) is 0 Å². The zero-order valence-corrected chi connectivity index (χ0v) is 15.0. The minimum Gasteiger partial charge on any atom is -0.464 e. The fraction of sp³-hybridized carbons (Fsp3) is 0.250. The van der Waals surface area contributed by atoms with Crippen molar-refractivity contribution < 1.29 is 22.7 Å². The molecule has 1 aromatic heterocycles. The van der Waals surface area contributed by atoms with Crippen LogP contribution in [-0.2, 0) is 22.1 Å². The number of anilines is 1. The van der Waals surface area contributed by atoms with Gasteiger partial charge in [-0.2, -0.15) is 13.2 Å². The van der Waals surface area contributed by atoms with Gasteiger partial charge in [0.15, 0.2) is 0 Å². The number of ether oxygens (including phenoxy) is 1. The summed E-state index contributed by atoms with van der Waals surface area (Å²) in [5, 5.41) is 3.60. The van der Waals surface area contributed by atoms with Crippen molar-refractivity contribution in [2.45, 2.75) is 25.6 Å². The smallest absolute Gasteiger partial charge is 0.416 e.